The molecule has 1 aliphatic rings. The first-order valence-corrected chi connectivity index (χ1v) is 6.24. The maximum atomic E-state index is 9.49. The molecule has 0 heterocycles. The number of aliphatic hydroxyl groups is 1. The van der Waals surface area contributed by atoms with Gasteiger partial charge < -0.3 is 15.3 Å². The number of hydrogen-bond donors (Lipinski definition) is 2. The molecule has 3 heteroatoms. The summed E-state index contributed by atoms with van der Waals surface area (Å²) in [6, 6.07) is 0.655. The van der Waals surface area contributed by atoms with Crippen LogP contribution in [0.4, 0.5) is 0 Å². The first kappa shape index (κ1) is 12.9. The van der Waals surface area contributed by atoms with Crippen LogP contribution in [0.2, 0.25) is 0 Å². The lowest BCUT2D eigenvalue weighted by atomic mass is 10.0. The predicted molar refractivity (Wildman–Crippen MR) is 64.1 cm³/mol. The Bertz CT molecular complexity index is 182. The normalized spacial score (nSPS) is 20.6. The number of hydrogen-bond acceptors (Lipinski definition) is 3. The Morgan fingerprint density at radius 2 is 2.07 bits per heavy atom. The molecule has 1 unspecified atom stereocenters. The fraction of sp³-hybridized carbons (Fsp3) is 1.00. The molecule has 0 amide bonds. The summed E-state index contributed by atoms with van der Waals surface area (Å²) in [5.41, 5.74) is -0.119. The predicted octanol–water partition coefficient (Wildman–Crippen LogP) is 1.22. The van der Waals surface area contributed by atoms with Gasteiger partial charge in [0, 0.05) is 12.6 Å². The Kier molecular flexibility index (Phi) is 5.03. The van der Waals surface area contributed by atoms with Crippen molar-refractivity contribution in [3.05, 3.63) is 0 Å². The maximum absolute atomic E-state index is 9.49. The quantitative estimate of drug-likeness (QED) is 0.638. The summed E-state index contributed by atoms with van der Waals surface area (Å²) in [6.07, 6.45) is 3.73. The smallest absolute Gasteiger partial charge is 0.0623 e. The van der Waals surface area contributed by atoms with Gasteiger partial charge in [0.15, 0.2) is 0 Å². The van der Waals surface area contributed by atoms with Gasteiger partial charge in [-0.3, -0.25) is 0 Å². The summed E-state index contributed by atoms with van der Waals surface area (Å²) in [6.45, 7) is 9.88. The Hall–Kier alpha value is -0.120. The van der Waals surface area contributed by atoms with Gasteiger partial charge in [0.25, 0.3) is 0 Å². The Balaban J connectivity index is 2.40. The molecule has 0 spiro atoms. The maximum Gasteiger partial charge on any atom is 0.0623 e. The van der Waals surface area contributed by atoms with Crippen molar-refractivity contribution >= 4 is 0 Å². The molecule has 1 atom stereocenters. The van der Waals surface area contributed by atoms with Gasteiger partial charge in [-0.15, -0.1) is 0 Å². The van der Waals surface area contributed by atoms with Crippen LogP contribution < -0.4 is 5.32 Å². The van der Waals surface area contributed by atoms with Crippen molar-refractivity contribution in [1.82, 2.24) is 10.2 Å². The summed E-state index contributed by atoms with van der Waals surface area (Å²) < 4.78 is 0. The van der Waals surface area contributed by atoms with Gasteiger partial charge in [-0.25, -0.2) is 0 Å². The molecule has 3 nitrogen and oxygen atoms in total. The molecule has 0 saturated heterocycles. The Labute approximate surface area is 93.9 Å². The van der Waals surface area contributed by atoms with Crippen LogP contribution in [0.25, 0.3) is 0 Å². The van der Waals surface area contributed by atoms with Crippen LogP contribution in [0, 0.1) is 0 Å². The fourth-order valence-electron chi connectivity index (χ4n) is 2.02. The number of nitrogens with one attached hydrogen (secondary N) is 1. The average molecular weight is 214 g/mol. The zero-order chi connectivity index (χ0) is 11.3. The van der Waals surface area contributed by atoms with E-state index in [9.17, 15) is 5.11 Å². The molecule has 1 aliphatic carbocycles. The SMILES string of the molecule is CCCN(CC)CC(C)(CO)NC1CC1. The largest absolute Gasteiger partial charge is 0.394 e. The van der Waals surface area contributed by atoms with Crippen molar-refractivity contribution < 1.29 is 5.11 Å². The molecule has 0 aromatic heterocycles. The lowest BCUT2D eigenvalue weighted by molar-refractivity contribution is 0.121. The second-order valence-corrected chi connectivity index (χ2v) is 5.01. The lowest BCUT2D eigenvalue weighted by Gasteiger charge is -2.34. The topological polar surface area (TPSA) is 35.5 Å². The second kappa shape index (κ2) is 5.83. The zero-order valence-corrected chi connectivity index (χ0v) is 10.4. The number of nitrogens with zero attached hydrogens (tertiary/aromatic N) is 1. The highest BCUT2D eigenvalue weighted by Gasteiger charge is 2.32. The van der Waals surface area contributed by atoms with Gasteiger partial charge in [0.2, 0.25) is 0 Å². The summed E-state index contributed by atoms with van der Waals surface area (Å²) in [5, 5.41) is 13.0. The van der Waals surface area contributed by atoms with Crippen molar-refractivity contribution in [1.29, 1.82) is 0 Å². The third kappa shape index (κ3) is 4.49. The standard InChI is InChI=1S/C12H26N2O/c1-4-8-14(5-2)9-12(3,10-15)13-11-6-7-11/h11,13,15H,4-10H2,1-3H3. The summed E-state index contributed by atoms with van der Waals surface area (Å²) in [7, 11) is 0. The number of likely N-dealkylation sites (N-methyl/N-ethyl adjacent to an activating group) is 1. The fourth-order valence-corrected chi connectivity index (χ4v) is 2.02. The van der Waals surface area contributed by atoms with Crippen molar-refractivity contribution in [2.75, 3.05) is 26.2 Å². The number of rotatable bonds is 8. The molecule has 0 aromatic carbocycles. The molecular weight excluding hydrogens is 188 g/mol. The van der Waals surface area contributed by atoms with E-state index in [1.54, 1.807) is 0 Å². The second-order valence-electron chi connectivity index (χ2n) is 5.01. The molecule has 0 aromatic rings. The van der Waals surface area contributed by atoms with Crippen LogP contribution in [0.5, 0.6) is 0 Å². The van der Waals surface area contributed by atoms with Gasteiger partial charge >= 0.3 is 0 Å². The van der Waals surface area contributed by atoms with Crippen LogP contribution >= 0.6 is 0 Å². The first-order valence-electron chi connectivity index (χ1n) is 6.24. The van der Waals surface area contributed by atoms with Crippen LogP contribution in [0.3, 0.4) is 0 Å². The summed E-state index contributed by atoms with van der Waals surface area (Å²) in [5.74, 6) is 0. The third-order valence-electron chi connectivity index (χ3n) is 3.04. The minimum Gasteiger partial charge on any atom is -0.394 e. The highest BCUT2D eigenvalue weighted by Crippen LogP contribution is 2.22. The lowest BCUT2D eigenvalue weighted by Crippen LogP contribution is -2.55. The zero-order valence-electron chi connectivity index (χ0n) is 10.4. The van der Waals surface area contributed by atoms with E-state index in [2.05, 4.69) is 31.0 Å². The van der Waals surface area contributed by atoms with Crippen LogP contribution in [-0.4, -0.2) is 47.8 Å². The number of aliphatic hydroxyl groups excluding tert-OH is 1. The van der Waals surface area contributed by atoms with Gasteiger partial charge in [0.05, 0.1) is 12.1 Å². The van der Waals surface area contributed by atoms with E-state index in [-0.39, 0.29) is 12.1 Å². The van der Waals surface area contributed by atoms with Crippen molar-refractivity contribution in [2.24, 2.45) is 0 Å². The minimum absolute atomic E-state index is 0.119. The molecule has 0 bridgehead atoms. The van der Waals surface area contributed by atoms with E-state index in [1.807, 2.05) is 0 Å². The van der Waals surface area contributed by atoms with Crippen LogP contribution in [-0.2, 0) is 0 Å². The summed E-state index contributed by atoms with van der Waals surface area (Å²) in [4.78, 5) is 2.41. The van der Waals surface area contributed by atoms with E-state index < -0.39 is 0 Å². The molecule has 90 valence electrons. The molecule has 1 rings (SSSR count). The van der Waals surface area contributed by atoms with E-state index in [1.165, 1.54) is 19.3 Å². The van der Waals surface area contributed by atoms with E-state index >= 15 is 0 Å². The van der Waals surface area contributed by atoms with E-state index in [4.69, 9.17) is 0 Å². The molecule has 2 N–H and O–H groups in total. The molecule has 1 saturated carbocycles. The highest BCUT2D eigenvalue weighted by atomic mass is 16.3. The molecule has 0 radical (unpaired) electrons. The summed E-state index contributed by atoms with van der Waals surface area (Å²) >= 11 is 0. The molecule has 1 fully saturated rings. The Morgan fingerprint density at radius 1 is 1.40 bits per heavy atom. The van der Waals surface area contributed by atoms with Gasteiger partial charge in [-0.1, -0.05) is 13.8 Å². The van der Waals surface area contributed by atoms with E-state index in [0.29, 0.717) is 6.04 Å². The molecule has 15 heavy (non-hydrogen) atoms. The van der Waals surface area contributed by atoms with Gasteiger partial charge in [-0.2, -0.15) is 0 Å². The first-order chi connectivity index (χ1) is 7.13. The van der Waals surface area contributed by atoms with Crippen LogP contribution in [0.1, 0.15) is 40.0 Å². The van der Waals surface area contributed by atoms with Crippen molar-refractivity contribution in [3.8, 4) is 0 Å². The molecule has 0 aliphatic heterocycles. The van der Waals surface area contributed by atoms with Crippen molar-refractivity contribution in [3.63, 3.8) is 0 Å². The third-order valence-corrected chi connectivity index (χ3v) is 3.04. The highest BCUT2D eigenvalue weighted by molar-refractivity contribution is 4.94. The van der Waals surface area contributed by atoms with Crippen LogP contribution in [0.15, 0.2) is 0 Å². The average Bonchev–Trinajstić information content (AvgIpc) is 3.01. The van der Waals surface area contributed by atoms with Crippen molar-refractivity contribution in [2.45, 2.75) is 51.6 Å². The molecular formula is C12H26N2O. The van der Waals surface area contributed by atoms with Gasteiger partial charge in [0.1, 0.15) is 0 Å². The minimum atomic E-state index is -0.119. The van der Waals surface area contributed by atoms with E-state index in [0.717, 1.165) is 19.6 Å². The monoisotopic (exact) mass is 214 g/mol. The Morgan fingerprint density at radius 3 is 2.47 bits per heavy atom. The van der Waals surface area contributed by atoms with Gasteiger partial charge in [-0.05, 0) is 39.3 Å².